The molecule has 0 bridgehead atoms. The van der Waals surface area contributed by atoms with E-state index in [1.165, 1.54) is 11.3 Å². The summed E-state index contributed by atoms with van der Waals surface area (Å²) >= 11 is 1.38. The first-order chi connectivity index (χ1) is 7.63. The van der Waals surface area contributed by atoms with E-state index in [9.17, 15) is 4.79 Å². The Morgan fingerprint density at radius 2 is 2.31 bits per heavy atom. The van der Waals surface area contributed by atoms with Crippen molar-refractivity contribution >= 4 is 17.3 Å². The number of nitrogens with zero attached hydrogens (tertiary/aromatic N) is 1. The summed E-state index contributed by atoms with van der Waals surface area (Å²) < 4.78 is 10.4. The highest BCUT2D eigenvalue weighted by Gasteiger charge is 2.18. The molecule has 0 fully saturated rings. The fourth-order valence-electron chi connectivity index (χ4n) is 1.39. The van der Waals surface area contributed by atoms with Crippen LogP contribution in [-0.4, -0.2) is 30.8 Å². The van der Waals surface area contributed by atoms with E-state index < -0.39 is 0 Å². The molecule has 0 unspecified atom stereocenters. The molecule has 0 radical (unpaired) electrons. The Morgan fingerprint density at radius 3 is 2.81 bits per heavy atom. The van der Waals surface area contributed by atoms with Gasteiger partial charge in [-0.25, -0.2) is 9.78 Å². The molecular weight excluding hydrogens is 226 g/mol. The van der Waals surface area contributed by atoms with Crippen molar-refractivity contribution in [1.29, 1.82) is 0 Å². The first-order valence-corrected chi connectivity index (χ1v) is 6.16. The Morgan fingerprint density at radius 1 is 1.56 bits per heavy atom. The summed E-state index contributed by atoms with van der Waals surface area (Å²) in [5.74, 6) is 0.0901. The molecule has 0 amide bonds. The second-order valence-electron chi connectivity index (χ2n) is 3.99. The number of carbonyl (C=O) groups excluding carboxylic acids is 1. The van der Waals surface area contributed by atoms with Gasteiger partial charge < -0.3 is 9.47 Å². The van der Waals surface area contributed by atoms with Crippen LogP contribution in [0.5, 0.6) is 0 Å². The van der Waals surface area contributed by atoms with Crippen LogP contribution < -0.4 is 0 Å². The average molecular weight is 243 g/mol. The molecule has 0 spiro atoms. The number of hydrogen-bond acceptors (Lipinski definition) is 5. The van der Waals surface area contributed by atoms with E-state index in [2.05, 4.69) is 18.8 Å². The molecule has 0 aliphatic rings. The number of methoxy groups -OCH3 is 1. The zero-order valence-corrected chi connectivity index (χ0v) is 10.6. The topological polar surface area (TPSA) is 48.4 Å². The lowest BCUT2D eigenvalue weighted by Gasteiger charge is -2.18. The van der Waals surface area contributed by atoms with Crippen LogP contribution >= 0.6 is 11.3 Å². The van der Waals surface area contributed by atoms with Crippen molar-refractivity contribution < 1.29 is 14.3 Å². The van der Waals surface area contributed by atoms with Crippen LogP contribution in [0.1, 0.15) is 30.8 Å². The number of aromatic nitrogens is 1. The Balaban J connectivity index is 2.51. The smallest absolute Gasteiger partial charge is 0.358 e. The van der Waals surface area contributed by atoms with Gasteiger partial charge in [0.2, 0.25) is 0 Å². The largest absolute Gasteiger partial charge is 0.455 e. The summed E-state index contributed by atoms with van der Waals surface area (Å²) in [7, 11) is 1.60. The SMILES string of the molecule is COC[C@H](CC(C)C)OC(=O)c1cscn1. The summed E-state index contributed by atoms with van der Waals surface area (Å²) in [4.78, 5) is 15.6. The highest BCUT2D eigenvalue weighted by Crippen LogP contribution is 2.12. The Bertz CT molecular complexity index is 311. The normalized spacial score (nSPS) is 12.8. The summed E-state index contributed by atoms with van der Waals surface area (Å²) in [6.07, 6.45) is 0.600. The van der Waals surface area contributed by atoms with Gasteiger partial charge in [0.05, 0.1) is 12.1 Å². The lowest BCUT2D eigenvalue weighted by molar-refractivity contribution is -0.00114. The molecule has 0 aromatic carbocycles. The van der Waals surface area contributed by atoms with Gasteiger partial charge in [-0.05, 0) is 12.3 Å². The monoisotopic (exact) mass is 243 g/mol. The van der Waals surface area contributed by atoms with Crippen LogP contribution in [-0.2, 0) is 9.47 Å². The van der Waals surface area contributed by atoms with E-state index in [4.69, 9.17) is 9.47 Å². The molecule has 5 heteroatoms. The van der Waals surface area contributed by atoms with Gasteiger partial charge in [-0.2, -0.15) is 0 Å². The molecule has 1 aromatic rings. The van der Waals surface area contributed by atoms with Gasteiger partial charge in [0, 0.05) is 12.5 Å². The van der Waals surface area contributed by atoms with E-state index >= 15 is 0 Å². The third-order valence-corrected chi connectivity index (χ3v) is 2.59. The average Bonchev–Trinajstić information content (AvgIpc) is 2.69. The first-order valence-electron chi connectivity index (χ1n) is 5.21. The zero-order valence-electron chi connectivity index (χ0n) is 9.80. The molecule has 4 nitrogen and oxygen atoms in total. The van der Waals surface area contributed by atoms with Crippen LogP contribution in [0, 0.1) is 5.92 Å². The molecular formula is C11H17NO3S. The Labute approximate surface area is 99.6 Å². The predicted molar refractivity (Wildman–Crippen MR) is 62.6 cm³/mol. The van der Waals surface area contributed by atoms with Gasteiger partial charge in [0.15, 0.2) is 5.69 Å². The molecule has 0 saturated heterocycles. The maximum absolute atomic E-state index is 11.6. The molecule has 1 rings (SSSR count). The molecule has 1 heterocycles. The highest BCUT2D eigenvalue weighted by atomic mass is 32.1. The standard InChI is InChI=1S/C11H17NO3S/c1-8(2)4-9(5-14-3)15-11(13)10-6-16-7-12-10/h6-9H,4-5H2,1-3H3/t9-/m0/s1. The fourth-order valence-corrected chi connectivity index (χ4v) is 1.91. The predicted octanol–water partition coefficient (Wildman–Crippen LogP) is 2.36. The van der Waals surface area contributed by atoms with Crippen molar-refractivity contribution in [3.63, 3.8) is 0 Å². The number of rotatable bonds is 6. The molecule has 0 aliphatic heterocycles. The lowest BCUT2D eigenvalue weighted by Crippen LogP contribution is -2.25. The lowest BCUT2D eigenvalue weighted by atomic mass is 10.1. The van der Waals surface area contributed by atoms with Gasteiger partial charge in [-0.3, -0.25) is 0 Å². The summed E-state index contributed by atoms with van der Waals surface area (Å²) in [5.41, 5.74) is 1.99. The molecule has 0 saturated carbocycles. The zero-order chi connectivity index (χ0) is 12.0. The minimum atomic E-state index is -0.371. The van der Waals surface area contributed by atoms with Crippen LogP contribution in [0.15, 0.2) is 10.9 Å². The van der Waals surface area contributed by atoms with E-state index in [1.54, 1.807) is 18.0 Å². The Hall–Kier alpha value is -0.940. The molecule has 16 heavy (non-hydrogen) atoms. The minimum Gasteiger partial charge on any atom is -0.455 e. The third kappa shape index (κ3) is 4.28. The number of thiazole rings is 1. The number of esters is 1. The van der Waals surface area contributed by atoms with E-state index in [0.717, 1.165) is 6.42 Å². The van der Waals surface area contributed by atoms with Crippen LogP contribution in [0.4, 0.5) is 0 Å². The second-order valence-corrected chi connectivity index (χ2v) is 4.70. The number of hydrogen-bond donors (Lipinski definition) is 0. The van der Waals surface area contributed by atoms with Gasteiger partial charge in [0.25, 0.3) is 0 Å². The van der Waals surface area contributed by atoms with E-state index in [-0.39, 0.29) is 12.1 Å². The van der Waals surface area contributed by atoms with E-state index in [1.807, 2.05) is 0 Å². The van der Waals surface area contributed by atoms with Crippen molar-refractivity contribution in [3.8, 4) is 0 Å². The quantitative estimate of drug-likeness (QED) is 0.720. The summed E-state index contributed by atoms with van der Waals surface area (Å²) in [5, 5.41) is 1.68. The molecule has 1 atom stereocenters. The van der Waals surface area contributed by atoms with Gasteiger partial charge in [0.1, 0.15) is 6.10 Å². The van der Waals surface area contributed by atoms with E-state index in [0.29, 0.717) is 18.2 Å². The summed E-state index contributed by atoms with van der Waals surface area (Å²) in [6, 6.07) is 0. The van der Waals surface area contributed by atoms with Crippen molar-refractivity contribution in [1.82, 2.24) is 4.98 Å². The van der Waals surface area contributed by atoms with Crippen molar-refractivity contribution in [2.24, 2.45) is 5.92 Å². The Kier molecular flexibility index (Phi) is 5.42. The second kappa shape index (κ2) is 6.60. The molecule has 1 aromatic heterocycles. The van der Waals surface area contributed by atoms with Crippen LogP contribution in [0.25, 0.3) is 0 Å². The number of ether oxygens (including phenoxy) is 2. The minimum absolute atomic E-state index is 0.195. The van der Waals surface area contributed by atoms with Crippen molar-refractivity contribution in [2.75, 3.05) is 13.7 Å². The fraction of sp³-hybridized carbons (Fsp3) is 0.636. The molecule has 90 valence electrons. The first kappa shape index (κ1) is 13.1. The van der Waals surface area contributed by atoms with Crippen LogP contribution in [0.2, 0.25) is 0 Å². The van der Waals surface area contributed by atoms with Gasteiger partial charge >= 0.3 is 5.97 Å². The van der Waals surface area contributed by atoms with Gasteiger partial charge in [-0.15, -0.1) is 11.3 Å². The summed E-state index contributed by atoms with van der Waals surface area (Å²) in [6.45, 7) is 4.59. The maximum Gasteiger partial charge on any atom is 0.358 e. The molecule has 0 N–H and O–H groups in total. The van der Waals surface area contributed by atoms with Gasteiger partial charge in [-0.1, -0.05) is 13.8 Å². The number of carbonyl (C=O) groups is 1. The molecule has 0 aliphatic carbocycles. The third-order valence-electron chi connectivity index (χ3n) is 2.00. The maximum atomic E-state index is 11.6. The van der Waals surface area contributed by atoms with Crippen molar-refractivity contribution in [3.05, 3.63) is 16.6 Å². The highest BCUT2D eigenvalue weighted by molar-refractivity contribution is 7.07. The van der Waals surface area contributed by atoms with Crippen LogP contribution in [0.3, 0.4) is 0 Å². The van der Waals surface area contributed by atoms with Crippen molar-refractivity contribution in [2.45, 2.75) is 26.4 Å².